The van der Waals surface area contributed by atoms with Crippen molar-refractivity contribution in [2.75, 3.05) is 0 Å². The minimum atomic E-state index is -0.924. The van der Waals surface area contributed by atoms with E-state index in [0.29, 0.717) is 11.6 Å². The standard InChI is InChI=1S/C10H10N4O2/c15-9(16)4-8-12-10-11-5-6-2-1-3-7(6)14(10)13-8/h5H,1-4H2,(H,15,16). The predicted octanol–water partition coefficient (Wildman–Crippen LogP) is 0.240. The number of aryl methyl sites for hydroxylation is 2. The molecule has 3 rings (SSSR count). The van der Waals surface area contributed by atoms with Crippen LogP contribution in [-0.4, -0.2) is 30.7 Å². The van der Waals surface area contributed by atoms with Crippen LogP contribution >= 0.6 is 0 Å². The second-order valence-corrected chi connectivity index (χ2v) is 3.89. The van der Waals surface area contributed by atoms with E-state index in [4.69, 9.17) is 5.11 Å². The molecule has 0 radical (unpaired) electrons. The molecule has 0 aliphatic heterocycles. The first-order valence-electron chi connectivity index (χ1n) is 5.18. The quantitative estimate of drug-likeness (QED) is 0.781. The smallest absolute Gasteiger partial charge is 0.311 e. The van der Waals surface area contributed by atoms with Crippen LogP contribution in [-0.2, 0) is 24.1 Å². The molecular formula is C10H10N4O2. The lowest BCUT2D eigenvalue weighted by molar-refractivity contribution is -0.136. The molecule has 0 bridgehead atoms. The van der Waals surface area contributed by atoms with Gasteiger partial charge in [-0.15, -0.1) is 5.10 Å². The Kier molecular flexibility index (Phi) is 1.89. The molecule has 0 aromatic carbocycles. The van der Waals surface area contributed by atoms with Gasteiger partial charge in [0, 0.05) is 6.20 Å². The lowest BCUT2D eigenvalue weighted by Crippen LogP contribution is -2.03. The number of aliphatic carboxylic acids is 1. The number of carboxylic acids is 1. The van der Waals surface area contributed by atoms with Gasteiger partial charge in [-0.1, -0.05) is 0 Å². The molecule has 1 N–H and O–H groups in total. The molecule has 16 heavy (non-hydrogen) atoms. The van der Waals surface area contributed by atoms with Crippen molar-refractivity contribution >= 4 is 11.7 Å². The van der Waals surface area contributed by atoms with Crippen molar-refractivity contribution in [3.8, 4) is 0 Å². The summed E-state index contributed by atoms with van der Waals surface area (Å²) in [6, 6.07) is 0. The van der Waals surface area contributed by atoms with E-state index in [9.17, 15) is 4.79 Å². The molecule has 0 atom stereocenters. The van der Waals surface area contributed by atoms with Gasteiger partial charge in [0.1, 0.15) is 6.42 Å². The summed E-state index contributed by atoms with van der Waals surface area (Å²) in [5, 5.41) is 12.9. The van der Waals surface area contributed by atoms with Gasteiger partial charge in [0.2, 0.25) is 0 Å². The fraction of sp³-hybridized carbons (Fsp3) is 0.400. The Morgan fingerprint density at radius 1 is 1.50 bits per heavy atom. The summed E-state index contributed by atoms with van der Waals surface area (Å²) in [6.45, 7) is 0. The van der Waals surface area contributed by atoms with E-state index in [-0.39, 0.29) is 6.42 Å². The normalized spacial score (nSPS) is 14.2. The number of carboxylic acid groups (broad SMARTS) is 1. The third-order valence-electron chi connectivity index (χ3n) is 2.77. The van der Waals surface area contributed by atoms with Crippen LogP contribution in [0.15, 0.2) is 6.20 Å². The van der Waals surface area contributed by atoms with Crippen LogP contribution < -0.4 is 0 Å². The minimum absolute atomic E-state index is 0.155. The zero-order valence-electron chi connectivity index (χ0n) is 8.55. The van der Waals surface area contributed by atoms with Gasteiger partial charge in [0.05, 0.1) is 5.69 Å². The zero-order chi connectivity index (χ0) is 11.1. The molecule has 0 fully saturated rings. The summed E-state index contributed by atoms with van der Waals surface area (Å²) in [5.74, 6) is -0.107. The summed E-state index contributed by atoms with van der Waals surface area (Å²) in [7, 11) is 0. The van der Waals surface area contributed by atoms with Gasteiger partial charge in [-0.05, 0) is 24.8 Å². The van der Waals surface area contributed by atoms with E-state index in [1.165, 1.54) is 5.56 Å². The molecule has 2 heterocycles. The predicted molar refractivity (Wildman–Crippen MR) is 54.1 cm³/mol. The second kappa shape index (κ2) is 3.26. The highest BCUT2D eigenvalue weighted by Crippen LogP contribution is 2.20. The Balaban J connectivity index is 2.14. The van der Waals surface area contributed by atoms with E-state index < -0.39 is 5.97 Å². The highest BCUT2D eigenvalue weighted by Gasteiger charge is 2.18. The number of hydrogen-bond donors (Lipinski definition) is 1. The second-order valence-electron chi connectivity index (χ2n) is 3.89. The van der Waals surface area contributed by atoms with Crippen LogP contribution in [0.1, 0.15) is 23.5 Å². The van der Waals surface area contributed by atoms with Crippen molar-refractivity contribution in [3.63, 3.8) is 0 Å². The van der Waals surface area contributed by atoms with E-state index >= 15 is 0 Å². The monoisotopic (exact) mass is 218 g/mol. The molecular weight excluding hydrogens is 208 g/mol. The number of rotatable bonds is 2. The first-order chi connectivity index (χ1) is 7.74. The van der Waals surface area contributed by atoms with Crippen LogP contribution in [0.3, 0.4) is 0 Å². The molecule has 0 saturated carbocycles. The van der Waals surface area contributed by atoms with Gasteiger partial charge < -0.3 is 5.11 Å². The van der Waals surface area contributed by atoms with E-state index in [1.807, 2.05) is 6.20 Å². The summed E-state index contributed by atoms with van der Waals surface area (Å²) in [5.41, 5.74) is 2.31. The van der Waals surface area contributed by atoms with Gasteiger partial charge in [-0.25, -0.2) is 9.50 Å². The molecule has 0 saturated heterocycles. The van der Waals surface area contributed by atoms with Crippen LogP contribution in [0.2, 0.25) is 0 Å². The zero-order valence-corrected chi connectivity index (χ0v) is 8.55. The molecule has 6 nitrogen and oxygen atoms in total. The average molecular weight is 218 g/mol. The Labute approximate surface area is 91.0 Å². The molecule has 0 amide bonds. The third-order valence-corrected chi connectivity index (χ3v) is 2.77. The van der Waals surface area contributed by atoms with Gasteiger partial charge in [0.15, 0.2) is 5.82 Å². The SMILES string of the molecule is O=C(O)Cc1nc2ncc3c(n2n1)CCC3. The number of nitrogens with zero attached hydrogens (tertiary/aromatic N) is 4. The van der Waals surface area contributed by atoms with Gasteiger partial charge in [0.25, 0.3) is 5.78 Å². The average Bonchev–Trinajstić information content (AvgIpc) is 2.78. The maximum atomic E-state index is 10.6. The fourth-order valence-electron chi connectivity index (χ4n) is 2.09. The largest absolute Gasteiger partial charge is 0.481 e. The van der Waals surface area contributed by atoms with Crippen molar-refractivity contribution in [1.82, 2.24) is 19.6 Å². The molecule has 1 aliphatic carbocycles. The highest BCUT2D eigenvalue weighted by molar-refractivity contribution is 5.69. The molecule has 2 aromatic rings. The molecule has 2 aromatic heterocycles. The van der Waals surface area contributed by atoms with Gasteiger partial charge >= 0.3 is 5.97 Å². The maximum absolute atomic E-state index is 10.6. The Morgan fingerprint density at radius 3 is 3.19 bits per heavy atom. The maximum Gasteiger partial charge on any atom is 0.311 e. The van der Waals surface area contributed by atoms with Gasteiger partial charge in [-0.3, -0.25) is 4.79 Å². The fourth-order valence-corrected chi connectivity index (χ4v) is 2.09. The van der Waals surface area contributed by atoms with Crippen LogP contribution in [0.4, 0.5) is 0 Å². The Morgan fingerprint density at radius 2 is 2.38 bits per heavy atom. The highest BCUT2D eigenvalue weighted by atomic mass is 16.4. The van der Waals surface area contributed by atoms with Crippen molar-refractivity contribution in [2.45, 2.75) is 25.7 Å². The third kappa shape index (κ3) is 1.34. The minimum Gasteiger partial charge on any atom is -0.481 e. The summed E-state index contributed by atoms with van der Waals surface area (Å²) >= 11 is 0. The molecule has 1 aliphatic rings. The number of carbonyl (C=O) groups is 1. The summed E-state index contributed by atoms with van der Waals surface area (Å²) in [6.07, 6.45) is 4.75. The molecule has 0 unspecified atom stereocenters. The van der Waals surface area contributed by atoms with Gasteiger partial charge in [-0.2, -0.15) is 4.98 Å². The first-order valence-corrected chi connectivity index (χ1v) is 5.18. The summed E-state index contributed by atoms with van der Waals surface area (Å²) in [4.78, 5) is 18.8. The van der Waals surface area contributed by atoms with Crippen LogP contribution in [0.25, 0.3) is 5.78 Å². The van der Waals surface area contributed by atoms with E-state index in [0.717, 1.165) is 25.0 Å². The summed E-state index contributed by atoms with van der Waals surface area (Å²) < 4.78 is 1.68. The lowest BCUT2D eigenvalue weighted by atomic mass is 10.3. The number of fused-ring (bicyclic) bond motifs is 3. The lowest BCUT2D eigenvalue weighted by Gasteiger charge is -1.99. The topological polar surface area (TPSA) is 80.4 Å². The molecule has 6 heteroatoms. The molecule has 82 valence electrons. The Bertz CT molecular complexity index is 575. The van der Waals surface area contributed by atoms with E-state index in [1.54, 1.807) is 4.52 Å². The van der Waals surface area contributed by atoms with Crippen molar-refractivity contribution < 1.29 is 9.90 Å². The van der Waals surface area contributed by atoms with Crippen LogP contribution in [0.5, 0.6) is 0 Å². The van der Waals surface area contributed by atoms with E-state index in [2.05, 4.69) is 15.1 Å². The van der Waals surface area contributed by atoms with Crippen molar-refractivity contribution in [2.24, 2.45) is 0 Å². The number of hydrogen-bond acceptors (Lipinski definition) is 4. The van der Waals surface area contributed by atoms with Crippen molar-refractivity contribution in [1.29, 1.82) is 0 Å². The molecule has 0 spiro atoms. The van der Waals surface area contributed by atoms with Crippen molar-refractivity contribution in [3.05, 3.63) is 23.3 Å². The first kappa shape index (κ1) is 9.26. The number of aromatic nitrogens is 4. The van der Waals surface area contributed by atoms with Crippen LogP contribution in [0, 0.1) is 0 Å². The Hall–Kier alpha value is -1.98.